The third-order valence-electron chi connectivity index (χ3n) is 8.12. The molecule has 5 rings (SSSR count). The molecule has 0 unspecified atom stereocenters. The molecule has 0 spiro atoms. The molecule has 2 aliphatic heterocycles. The molecular weight excluding hydrogens is 634 g/mol. The van der Waals surface area contributed by atoms with Gasteiger partial charge >= 0.3 is 0 Å². The van der Waals surface area contributed by atoms with Crippen molar-refractivity contribution in [2.45, 2.75) is 45.1 Å². The Morgan fingerprint density at radius 2 is 1.76 bits per heavy atom. The first-order chi connectivity index (χ1) is 23.5. The molecule has 4 heterocycles. The van der Waals surface area contributed by atoms with Crippen LogP contribution in [0.2, 0.25) is 0 Å². The number of aromatic nitrogens is 3. The molecule has 5 amide bonds. The molecule has 0 aliphatic carbocycles. The van der Waals surface area contributed by atoms with E-state index < -0.39 is 11.8 Å². The number of ether oxygens (including phenoxy) is 2. The Bertz CT molecular complexity index is 1780. The van der Waals surface area contributed by atoms with Gasteiger partial charge in [-0.2, -0.15) is 0 Å². The summed E-state index contributed by atoms with van der Waals surface area (Å²) in [5, 5.41) is 10.9. The van der Waals surface area contributed by atoms with Crippen molar-refractivity contribution in [3.05, 3.63) is 47.7 Å². The summed E-state index contributed by atoms with van der Waals surface area (Å²) in [5.74, 6) is -0.204. The number of methoxy groups -OCH3 is 1. The second-order valence-corrected chi connectivity index (χ2v) is 11.8. The van der Waals surface area contributed by atoms with Crippen LogP contribution in [0, 0.1) is 0 Å². The predicted octanol–water partition coefficient (Wildman–Crippen LogP) is 2.39. The summed E-state index contributed by atoms with van der Waals surface area (Å²) in [6, 6.07) is 4.89. The van der Waals surface area contributed by atoms with E-state index in [1.165, 1.54) is 24.8 Å². The van der Waals surface area contributed by atoms with Crippen LogP contribution in [0.15, 0.2) is 35.6 Å². The number of hydrogen-bond donors (Lipinski definition) is 4. The minimum Gasteiger partial charge on any atom is -0.493 e. The molecule has 49 heavy (non-hydrogen) atoms. The van der Waals surface area contributed by atoms with E-state index in [0.29, 0.717) is 60.9 Å². The highest BCUT2D eigenvalue weighted by molar-refractivity contribution is 6.05. The second kappa shape index (κ2) is 15.5. The quantitative estimate of drug-likeness (QED) is 0.187. The SMILES string of the molecule is COc1cc2c(cc1OCCCC(=O)Nc1cc(C(=O)Nc3cn(C)c(C(=O)NCCCNC(C)=O)n3)n(C)c1)N=C[C@@H]1CCCN1C2=O. The summed E-state index contributed by atoms with van der Waals surface area (Å²) in [6.45, 7) is 3.14. The molecule has 1 atom stereocenters. The van der Waals surface area contributed by atoms with Crippen molar-refractivity contribution in [1.29, 1.82) is 0 Å². The lowest BCUT2D eigenvalue weighted by atomic mass is 10.1. The molecule has 0 radical (unpaired) electrons. The number of amides is 5. The number of fused-ring (bicyclic) bond motifs is 2. The van der Waals surface area contributed by atoms with E-state index in [-0.39, 0.29) is 54.1 Å². The van der Waals surface area contributed by atoms with E-state index in [1.54, 1.807) is 43.1 Å². The van der Waals surface area contributed by atoms with Gasteiger partial charge in [0.2, 0.25) is 17.6 Å². The van der Waals surface area contributed by atoms with Crippen LogP contribution in [0.5, 0.6) is 11.5 Å². The van der Waals surface area contributed by atoms with E-state index in [4.69, 9.17) is 9.47 Å². The molecule has 0 bridgehead atoms. The minimum atomic E-state index is -0.474. The fraction of sp³-hybridized carbons (Fsp3) is 0.424. The number of aliphatic imine (C=N–C) groups is 1. The average molecular weight is 676 g/mol. The number of imidazole rings is 1. The van der Waals surface area contributed by atoms with E-state index in [1.807, 2.05) is 11.1 Å². The van der Waals surface area contributed by atoms with Crippen molar-refractivity contribution < 1.29 is 33.4 Å². The summed E-state index contributed by atoms with van der Waals surface area (Å²) in [7, 11) is 4.82. The van der Waals surface area contributed by atoms with Crippen LogP contribution < -0.4 is 30.7 Å². The van der Waals surface area contributed by atoms with E-state index >= 15 is 0 Å². The van der Waals surface area contributed by atoms with E-state index in [9.17, 15) is 24.0 Å². The molecule has 16 nitrogen and oxygen atoms in total. The van der Waals surface area contributed by atoms with Crippen LogP contribution in [-0.4, -0.2) is 94.2 Å². The number of hydrogen-bond acceptors (Lipinski definition) is 9. The van der Waals surface area contributed by atoms with Gasteiger partial charge in [0.05, 0.1) is 36.7 Å². The maximum atomic E-state index is 13.1. The van der Waals surface area contributed by atoms with Crippen LogP contribution in [0.4, 0.5) is 17.2 Å². The Balaban J connectivity index is 1.09. The second-order valence-electron chi connectivity index (χ2n) is 11.8. The van der Waals surface area contributed by atoms with E-state index in [2.05, 4.69) is 31.2 Å². The Morgan fingerprint density at radius 3 is 2.53 bits per heavy atom. The van der Waals surface area contributed by atoms with Gasteiger partial charge in [0.1, 0.15) is 5.69 Å². The van der Waals surface area contributed by atoms with Gasteiger partial charge in [-0.05, 0) is 37.8 Å². The fourth-order valence-corrected chi connectivity index (χ4v) is 5.67. The van der Waals surface area contributed by atoms with Gasteiger partial charge in [-0.25, -0.2) is 4.98 Å². The third-order valence-corrected chi connectivity index (χ3v) is 8.12. The average Bonchev–Trinajstić information content (AvgIpc) is 3.77. The molecule has 2 aromatic heterocycles. The van der Waals surface area contributed by atoms with Gasteiger partial charge in [0, 0.05) is 71.7 Å². The van der Waals surface area contributed by atoms with Gasteiger partial charge in [0.25, 0.3) is 17.7 Å². The molecule has 260 valence electrons. The Morgan fingerprint density at radius 1 is 0.959 bits per heavy atom. The van der Waals surface area contributed by atoms with E-state index in [0.717, 1.165) is 12.8 Å². The molecule has 1 aromatic carbocycles. The van der Waals surface area contributed by atoms with Gasteiger partial charge < -0.3 is 44.8 Å². The lowest BCUT2D eigenvalue weighted by Gasteiger charge is -2.20. The number of carbonyl (C=O) groups is 5. The van der Waals surface area contributed by atoms with Crippen LogP contribution in [-0.2, 0) is 23.7 Å². The molecule has 1 fully saturated rings. The topological polar surface area (TPSA) is 190 Å². The Hall–Kier alpha value is -5.67. The Kier molecular flexibility index (Phi) is 11.0. The van der Waals surface area contributed by atoms with Gasteiger partial charge in [0.15, 0.2) is 17.3 Å². The summed E-state index contributed by atoms with van der Waals surface area (Å²) in [5.41, 5.74) is 1.71. The first kappa shape index (κ1) is 34.7. The number of aryl methyl sites for hydroxylation is 2. The van der Waals surface area contributed by atoms with Crippen LogP contribution >= 0.6 is 0 Å². The fourth-order valence-electron chi connectivity index (χ4n) is 5.67. The van der Waals surface area contributed by atoms with Gasteiger partial charge in [-0.3, -0.25) is 29.0 Å². The molecule has 1 saturated heterocycles. The zero-order valence-corrected chi connectivity index (χ0v) is 28.0. The van der Waals surface area contributed by atoms with Gasteiger partial charge in [-0.1, -0.05) is 0 Å². The van der Waals surface area contributed by atoms with Crippen molar-refractivity contribution in [2.75, 3.05) is 44.0 Å². The van der Waals surface area contributed by atoms with Crippen molar-refractivity contribution in [1.82, 2.24) is 29.7 Å². The van der Waals surface area contributed by atoms with Crippen molar-refractivity contribution >= 4 is 52.9 Å². The lowest BCUT2D eigenvalue weighted by molar-refractivity contribution is -0.119. The first-order valence-electron chi connectivity index (χ1n) is 16.1. The summed E-state index contributed by atoms with van der Waals surface area (Å²) in [4.78, 5) is 72.9. The highest BCUT2D eigenvalue weighted by Gasteiger charge is 2.32. The predicted molar refractivity (Wildman–Crippen MR) is 181 cm³/mol. The molecule has 0 saturated carbocycles. The third kappa shape index (κ3) is 8.44. The summed E-state index contributed by atoms with van der Waals surface area (Å²) < 4.78 is 14.5. The number of carbonyl (C=O) groups excluding carboxylic acids is 5. The smallest absolute Gasteiger partial charge is 0.287 e. The highest BCUT2D eigenvalue weighted by atomic mass is 16.5. The Labute approximate surface area is 283 Å². The zero-order valence-electron chi connectivity index (χ0n) is 28.0. The standard InChI is InChI=1S/C33H41N9O7/c1-20(43)34-10-7-11-35-32(46)30-38-28(19-41(30)3)39-31(45)25-14-21(18-40(25)2)37-29(44)9-6-13-49-27-16-24-23(15-26(27)48-4)33(47)42-12-5-8-22(42)17-36-24/h14-19,22H,5-13H2,1-4H3,(H,34,43)(H,35,46)(H,37,44)(H,39,45)/t22-/m0/s1. The highest BCUT2D eigenvalue weighted by Crippen LogP contribution is 2.38. The zero-order chi connectivity index (χ0) is 35.1. The van der Waals surface area contributed by atoms with Gasteiger partial charge in [-0.15, -0.1) is 0 Å². The van der Waals surface area contributed by atoms with Crippen molar-refractivity contribution in [3.8, 4) is 11.5 Å². The van der Waals surface area contributed by atoms with Crippen LogP contribution in [0.1, 0.15) is 70.5 Å². The number of anilines is 2. The number of benzene rings is 1. The number of nitrogens with zero attached hydrogens (tertiary/aromatic N) is 5. The first-order valence-corrected chi connectivity index (χ1v) is 16.1. The molecule has 3 aromatic rings. The lowest BCUT2D eigenvalue weighted by Crippen LogP contribution is -2.35. The number of nitrogens with one attached hydrogen (secondary N) is 4. The van der Waals surface area contributed by atoms with Crippen LogP contribution in [0.25, 0.3) is 0 Å². The minimum absolute atomic E-state index is 0.00228. The molecule has 16 heteroatoms. The summed E-state index contributed by atoms with van der Waals surface area (Å²) >= 11 is 0. The molecule has 4 N–H and O–H groups in total. The molecule has 2 aliphatic rings. The van der Waals surface area contributed by atoms with Crippen molar-refractivity contribution in [3.63, 3.8) is 0 Å². The molecular formula is C33H41N9O7. The van der Waals surface area contributed by atoms with Crippen molar-refractivity contribution in [2.24, 2.45) is 19.1 Å². The maximum Gasteiger partial charge on any atom is 0.287 e. The summed E-state index contributed by atoms with van der Waals surface area (Å²) in [6.07, 6.45) is 7.91. The normalized spacial score (nSPS) is 14.8. The van der Waals surface area contributed by atoms with Crippen LogP contribution in [0.3, 0.4) is 0 Å². The number of rotatable bonds is 14. The maximum absolute atomic E-state index is 13.1. The largest absolute Gasteiger partial charge is 0.493 e. The monoisotopic (exact) mass is 675 g/mol.